The molecule has 2 aliphatic rings. The molecule has 2 amide bonds. The maximum absolute atomic E-state index is 13.1. The van der Waals surface area contributed by atoms with E-state index in [1.807, 2.05) is 19.9 Å². The molecule has 31 heavy (non-hydrogen) atoms. The predicted octanol–water partition coefficient (Wildman–Crippen LogP) is 4.09. The van der Waals surface area contributed by atoms with Crippen molar-refractivity contribution in [3.05, 3.63) is 58.7 Å². The van der Waals surface area contributed by atoms with Crippen LogP contribution in [0.25, 0.3) is 0 Å². The third-order valence-electron chi connectivity index (χ3n) is 6.57. The van der Waals surface area contributed by atoms with Gasteiger partial charge in [-0.2, -0.15) is 0 Å². The summed E-state index contributed by atoms with van der Waals surface area (Å²) < 4.78 is 28.8. The van der Waals surface area contributed by atoms with Gasteiger partial charge in [0.05, 0.1) is 23.3 Å². The summed E-state index contributed by atoms with van der Waals surface area (Å²) >= 11 is 0. The summed E-state index contributed by atoms with van der Waals surface area (Å²) in [5, 5.41) is 0. The molecule has 0 aromatic heterocycles. The minimum Gasteiger partial charge on any atom is -0.280 e. The summed E-state index contributed by atoms with van der Waals surface area (Å²) in [6.45, 7) is 5.75. The first-order valence-corrected chi connectivity index (χ1v) is 12.2. The molecule has 2 atom stereocenters. The van der Waals surface area contributed by atoms with E-state index in [1.54, 1.807) is 37.3 Å². The molecule has 1 aliphatic heterocycles. The molecule has 2 fully saturated rings. The molecule has 1 saturated carbocycles. The highest BCUT2D eigenvalue weighted by Crippen LogP contribution is 2.38. The fraction of sp³-hybridized carbons (Fsp3) is 0.417. The van der Waals surface area contributed by atoms with Crippen molar-refractivity contribution < 1.29 is 18.0 Å². The van der Waals surface area contributed by atoms with E-state index in [2.05, 4.69) is 4.72 Å². The highest BCUT2D eigenvalue weighted by molar-refractivity contribution is 7.92. The summed E-state index contributed by atoms with van der Waals surface area (Å²) in [6, 6.07) is 10.5. The molecule has 2 aromatic carbocycles. The Hall–Kier alpha value is -2.67. The minimum absolute atomic E-state index is 0.108. The Morgan fingerprint density at radius 2 is 1.48 bits per heavy atom. The van der Waals surface area contributed by atoms with Gasteiger partial charge in [-0.15, -0.1) is 0 Å². The third-order valence-corrected chi connectivity index (χ3v) is 8.10. The first kappa shape index (κ1) is 21.6. The van der Waals surface area contributed by atoms with Crippen LogP contribution >= 0.6 is 0 Å². The zero-order valence-corrected chi connectivity index (χ0v) is 19.0. The maximum Gasteiger partial charge on any atom is 0.262 e. The number of hydrogen-bond donors (Lipinski definition) is 1. The van der Waals surface area contributed by atoms with Gasteiger partial charge in [0.15, 0.2) is 0 Å². The van der Waals surface area contributed by atoms with Crippen molar-refractivity contribution in [2.45, 2.75) is 57.9 Å². The fourth-order valence-corrected chi connectivity index (χ4v) is 5.96. The van der Waals surface area contributed by atoms with Gasteiger partial charge in [-0.05, 0) is 74.1 Å². The topological polar surface area (TPSA) is 83.6 Å². The average molecular weight is 441 g/mol. The average Bonchev–Trinajstić information content (AvgIpc) is 2.97. The van der Waals surface area contributed by atoms with Crippen molar-refractivity contribution in [3.8, 4) is 0 Å². The van der Waals surface area contributed by atoms with Crippen LogP contribution in [0.5, 0.6) is 0 Å². The van der Waals surface area contributed by atoms with Crippen LogP contribution in [0.3, 0.4) is 0 Å². The van der Waals surface area contributed by atoms with E-state index in [0.29, 0.717) is 16.8 Å². The normalized spacial score (nSPS) is 21.3. The van der Waals surface area contributed by atoms with Crippen molar-refractivity contribution in [3.63, 3.8) is 0 Å². The number of nitrogens with zero attached hydrogens (tertiary/aromatic N) is 1. The molecule has 0 spiro atoms. The van der Waals surface area contributed by atoms with Crippen molar-refractivity contribution in [1.29, 1.82) is 0 Å². The molecule has 164 valence electrons. The number of amides is 2. The van der Waals surface area contributed by atoms with Crippen LogP contribution in [0.1, 0.15) is 47.9 Å². The lowest BCUT2D eigenvalue weighted by atomic mass is 9.81. The third kappa shape index (κ3) is 4.11. The zero-order valence-electron chi connectivity index (χ0n) is 18.1. The standard InChI is InChI=1S/C24H28N2O4S/c1-15-9-11-19(12-17(15)3)25-31(29,30)22-13-18(10-8-16(22)2)14-26-23(27)20-6-4-5-7-21(20)24(26)28/h8-13,20-21,25H,4-7,14H2,1-3H3. The summed E-state index contributed by atoms with van der Waals surface area (Å²) in [5.41, 5.74) is 3.82. The van der Waals surface area contributed by atoms with Crippen molar-refractivity contribution in [2.24, 2.45) is 11.8 Å². The molecule has 2 unspecified atom stereocenters. The smallest absolute Gasteiger partial charge is 0.262 e. The molecule has 1 N–H and O–H groups in total. The van der Waals surface area contributed by atoms with E-state index < -0.39 is 10.0 Å². The number of hydrogen-bond acceptors (Lipinski definition) is 4. The maximum atomic E-state index is 13.1. The van der Waals surface area contributed by atoms with Crippen LogP contribution in [0.15, 0.2) is 41.3 Å². The number of anilines is 1. The van der Waals surface area contributed by atoms with E-state index in [-0.39, 0.29) is 35.1 Å². The number of likely N-dealkylation sites (tertiary alicyclic amines) is 1. The van der Waals surface area contributed by atoms with Crippen LogP contribution < -0.4 is 4.72 Å². The van der Waals surface area contributed by atoms with Gasteiger partial charge in [-0.25, -0.2) is 8.42 Å². The molecule has 1 aliphatic carbocycles. The quantitative estimate of drug-likeness (QED) is 0.710. The second-order valence-corrected chi connectivity index (χ2v) is 10.4. The zero-order chi connectivity index (χ0) is 22.3. The Kier molecular flexibility index (Phi) is 5.64. The number of rotatable bonds is 5. The molecule has 1 saturated heterocycles. The Morgan fingerprint density at radius 1 is 0.871 bits per heavy atom. The van der Waals surface area contributed by atoms with Gasteiger partial charge in [-0.1, -0.05) is 31.0 Å². The van der Waals surface area contributed by atoms with Crippen molar-refractivity contribution in [2.75, 3.05) is 4.72 Å². The number of sulfonamides is 1. The SMILES string of the molecule is Cc1ccc(NS(=O)(=O)c2cc(CN3C(=O)C4CCCCC4C3=O)ccc2C)cc1C. The number of carbonyl (C=O) groups is 2. The van der Waals surface area contributed by atoms with Crippen molar-refractivity contribution in [1.82, 2.24) is 4.90 Å². The van der Waals surface area contributed by atoms with Gasteiger partial charge < -0.3 is 0 Å². The molecule has 2 aromatic rings. The van der Waals surface area contributed by atoms with Gasteiger partial charge in [0.2, 0.25) is 11.8 Å². The molecular formula is C24H28N2O4S. The number of benzene rings is 2. The number of carbonyl (C=O) groups excluding carboxylic acids is 2. The van der Waals surface area contributed by atoms with Crippen LogP contribution in [0.2, 0.25) is 0 Å². The second kappa shape index (κ2) is 8.11. The Morgan fingerprint density at radius 3 is 2.10 bits per heavy atom. The number of aryl methyl sites for hydroxylation is 3. The van der Waals surface area contributed by atoms with Gasteiger partial charge >= 0.3 is 0 Å². The Labute approximate surface area is 183 Å². The van der Waals surface area contributed by atoms with E-state index >= 15 is 0 Å². The largest absolute Gasteiger partial charge is 0.280 e. The van der Waals surface area contributed by atoms with E-state index in [0.717, 1.165) is 36.8 Å². The van der Waals surface area contributed by atoms with Crippen LogP contribution in [-0.4, -0.2) is 25.1 Å². The van der Waals surface area contributed by atoms with E-state index in [9.17, 15) is 18.0 Å². The van der Waals surface area contributed by atoms with Crippen LogP contribution in [0.4, 0.5) is 5.69 Å². The molecule has 6 nitrogen and oxygen atoms in total. The molecule has 0 radical (unpaired) electrons. The van der Waals surface area contributed by atoms with Gasteiger partial charge in [-0.3, -0.25) is 19.2 Å². The van der Waals surface area contributed by atoms with Gasteiger partial charge in [0.25, 0.3) is 10.0 Å². The summed E-state index contributed by atoms with van der Waals surface area (Å²) in [7, 11) is -3.82. The summed E-state index contributed by atoms with van der Waals surface area (Å²) in [6.07, 6.45) is 3.48. The highest BCUT2D eigenvalue weighted by Gasteiger charge is 2.47. The number of imide groups is 1. The van der Waals surface area contributed by atoms with Gasteiger partial charge in [0, 0.05) is 5.69 Å². The summed E-state index contributed by atoms with van der Waals surface area (Å²) in [4.78, 5) is 27.0. The Balaban J connectivity index is 1.59. The van der Waals surface area contributed by atoms with E-state index in [1.165, 1.54) is 4.90 Å². The lowest BCUT2D eigenvalue weighted by molar-refractivity contribution is -0.140. The fourth-order valence-electron chi connectivity index (χ4n) is 4.62. The second-order valence-electron chi connectivity index (χ2n) is 8.76. The van der Waals surface area contributed by atoms with Gasteiger partial charge in [0.1, 0.15) is 0 Å². The van der Waals surface area contributed by atoms with Crippen LogP contribution in [0, 0.1) is 32.6 Å². The number of nitrogens with one attached hydrogen (secondary N) is 1. The lowest BCUT2D eigenvalue weighted by Gasteiger charge is -2.19. The summed E-state index contributed by atoms with van der Waals surface area (Å²) in [5.74, 6) is -0.649. The molecule has 1 heterocycles. The number of fused-ring (bicyclic) bond motifs is 1. The monoisotopic (exact) mass is 440 g/mol. The van der Waals surface area contributed by atoms with Crippen LogP contribution in [-0.2, 0) is 26.2 Å². The lowest BCUT2D eigenvalue weighted by Crippen LogP contribution is -2.30. The molecule has 4 rings (SSSR count). The first-order valence-electron chi connectivity index (χ1n) is 10.7. The Bertz CT molecular complexity index is 1130. The molecule has 0 bridgehead atoms. The minimum atomic E-state index is -3.82. The molecule has 7 heteroatoms. The molecular weight excluding hydrogens is 412 g/mol. The van der Waals surface area contributed by atoms with Crippen molar-refractivity contribution >= 4 is 27.5 Å². The highest BCUT2D eigenvalue weighted by atomic mass is 32.2. The predicted molar refractivity (Wildman–Crippen MR) is 119 cm³/mol. The first-order chi connectivity index (χ1) is 14.7. The van der Waals surface area contributed by atoms with E-state index in [4.69, 9.17) is 0 Å².